The topological polar surface area (TPSA) is 34.3 Å². The Morgan fingerprint density at radius 3 is 2.36 bits per heavy atom. The van der Waals surface area contributed by atoms with Gasteiger partial charge in [0.1, 0.15) is 30.2 Å². The first-order valence-corrected chi connectivity index (χ1v) is 10.1. The van der Waals surface area contributed by atoms with E-state index in [0.717, 1.165) is 12.2 Å². The third kappa shape index (κ3) is 2.12. The molecule has 3 aromatic rings. The molecular weight excluding hydrogens is 348 g/mol. The van der Waals surface area contributed by atoms with Crippen molar-refractivity contribution in [3.63, 3.8) is 0 Å². The van der Waals surface area contributed by atoms with E-state index in [1.165, 1.54) is 27.8 Å². The highest BCUT2D eigenvalue weighted by atomic mass is 16.7. The van der Waals surface area contributed by atoms with Crippen LogP contribution in [0.1, 0.15) is 22.6 Å². The van der Waals surface area contributed by atoms with Crippen molar-refractivity contribution in [1.82, 2.24) is 0 Å². The van der Waals surface area contributed by atoms with E-state index < -0.39 is 0 Å². The average Bonchev–Trinajstić information content (AvgIpc) is 3.63. The highest BCUT2D eigenvalue weighted by Crippen LogP contribution is 2.56. The summed E-state index contributed by atoms with van der Waals surface area (Å²) in [6, 6.07) is 25.6. The number of para-hydroxylation sites is 1. The summed E-state index contributed by atoms with van der Waals surface area (Å²) in [5.74, 6) is 1.11. The van der Waals surface area contributed by atoms with Gasteiger partial charge < -0.3 is 14.2 Å². The molecule has 6 atom stereocenters. The number of ether oxygens (including phenoxy) is 3. The minimum Gasteiger partial charge on any atom is -0.487 e. The smallest absolute Gasteiger partial charge is 0.137 e. The van der Waals surface area contributed by atoms with Crippen molar-refractivity contribution in [2.45, 2.75) is 42.9 Å². The van der Waals surface area contributed by atoms with Crippen LogP contribution in [0.15, 0.2) is 72.8 Å². The van der Waals surface area contributed by atoms with Crippen LogP contribution < -0.4 is 4.74 Å². The molecule has 3 nitrogen and oxygen atoms in total. The van der Waals surface area contributed by atoms with Gasteiger partial charge >= 0.3 is 0 Å². The normalized spacial score (nSPS) is 33.3. The Kier molecular flexibility index (Phi) is 2.99. The predicted octanol–water partition coefficient (Wildman–Crippen LogP) is 4.34. The standard InChI is InChI=1S/C25H20O3/c1-2-8-15(9-3-1)26-21-20(22-24(27-22)25-23(21)28-25)18-12-6-11-17-16-10-5-4-7-14(16)13-19(17)18/h1-12,20-25H,13H2. The molecule has 2 aliphatic heterocycles. The van der Waals surface area contributed by atoms with E-state index >= 15 is 0 Å². The fraction of sp³-hybridized carbons (Fsp3) is 0.280. The van der Waals surface area contributed by atoms with Crippen LogP contribution in [-0.4, -0.2) is 30.5 Å². The van der Waals surface area contributed by atoms with Gasteiger partial charge in [-0.3, -0.25) is 0 Å². The van der Waals surface area contributed by atoms with Crippen molar-refractivity contribution in [3.8, 4) is 16.9 Å². The lowest BCUT2D eigenvalue weighted by molar-refractivity contribution is 0.117. The van der Waals surface area contributed by atoms with Gasteiger partial charge in [-0.2, -0.15) is 0 Å². The first-order chi connectivity index (χ1) is 13.9. The van der Waals surface area contributed by atoms with Crippen molar-refractivity contribution < 1.29 is 14.2 Å². The minimum absolute atomic E-state index is 0.00800. The summed E-state index contributed by atoms with van der Waals surface area (Å²) in [6.45, 7) is 0. The lowest BCUT2D eigenvalue weighted by atomic mass is 9.79. The molecule has 0 amide bonds. The molecule has 0 bridgehead atoms. The van der Waals surface area contributed by atoms with Crippen LogP contribution in [0.2, 0.25) is 0 Å². The molecule has 0 spiro atoms. The summed E-state index contributed by atoms with van der Waals surface area (Å²) in [5, 5.41) is 0. The van der Waals surface area contributed by atoms with E-state index in [1.54, 1.807) is 0 Å². The third-order valence-corrected chi connectivity index (χ3v) is 6.74. The van der Waals surface area contributed by atoms with Gasteiger partial charge in [0.25, 0.3) is 0 Å². The van der Waals surface area contributed by atoms with Gasteiger partial charge in [-0.05, 0) is 46.4 Å². The summed E-state index contributed by atoms with van der Waals surface area (Å²) < 4.78 is 18.6. The molecule has 6 unspecified atom stereocenters. The molecule has 7 rings (SSSR count). The van der Waals surface area contributed by atoms with E-state index in [4.69, 9.17) is 14.2 Å². The van der Waals surface area contributed by atoms with Crippen molar-refractivity contribution in [2.24, 2.45) is 0 Å². The summed E-state index contributed by atoms with van der Waals surface area (Å²) in [7, 11) is 0. The second-order valence-corrected chi connectivity index (χ2v) is 8.26. The van der Waals surface area contributed by atoms with Gasteiger partial charge in [0.05, 0.1) is 12.0 Å². The molecule has 3 heteroatoms. The van der Waals surface area contributed by atoms with Gasteiger partial charge in [0, 0.05) is 0 Å². The Labute approximate surface area is 163 Å². The predicted molar refractivity (Wildman–Crippen MR) is 106 cm³/mol. The largest absolute Gasteiger partial charge is 0.487 e. The molecule has 28 heavy (non-hydrogen) atoms. The maximum absolute atomic E-state index is 6.51. The number of epoxide rings is 2. The zero-order chi connectivity index (χ0) is 18.2. The van der Waals surface area contributed by atoms with E-state index in [1.807, 2.05) is 30.3 Å². The molecule has 1 saturated carbocycles. The van der Waals surface area contributed by atoms with Crippen molar-refractivity contribution in [3.05, 3.63) is 89.5 Å². The molecule has 0 aromatic heterocycles. The highest BCUT2D eigenvalue weighted by Gasteiger charge is 2.70. The molecule has 0 N–H and O–H groups in total. The van der Waals surface area contributed by atoms with E-state index in [2.05, 4.69) is 42.5 Å². The Balaban J connectivity index is 1.32. The molecule has 4 aliphatic rings. The van der Waals surface area contributed by atoms with Gasteiger partial charge in [-0.15, -0.1) is 0 Å². The number of fused-ring (bicyclic) bond motifs is 6. The van der Waals surface area contributed by atoms with Crippen molar-refractivity contribution in [2.75, 3.05) is 0 Å². The maximum atomic E-state index is 6.51. The molecule has 2 saturated heterocycles. The summed E-state index contributed by atoms with van der Waals surface area (Å²) >= 11 is 0. The fourth-order valence-corrected chi connectivity index (χ4v) is 5.39. The number of rotatable bonds is 3. The van der Waals surface area contributed by atoms with E-state index in [9.17, 15) is 0 Å². The summed E-state index contributed by atoms with van der Waals surface area (Å²) in [4.78, 5) is 0. The maximum Gasteiger partial charge on any atom is 0.137 e. The monoisotopic (exact) mass is 368 g/mol. The van der Waals surface area contributed by atoms with Gasteiger partial charge in [-0.1, -0.05) is 60.7 Å². The Morgan fingerprint density at radius 1 is 0.679 bits per heavy atom. The molecule has 0 radical (unpaired) electrons. The summed E-state index contributed by atoms with van der Waals surface area (Å²) in [6.07, 6.45) is 1.77. The first kappa shape index (κ1) is 15.3. The van der Waals surface area contributed by atoms with E-state index in [-0.39, 0.29) is 36.4 Å². The van der Waals surface area contributed by atoms with Crippen LogP contribution >= 0.6 is 0 Å². The number of benzene rings is 3. The molecule has 138 valence electrons. The Bertz CT molecular complexity index is 1080. The molecule has 3 fully saturated rings. The van der Waals surface area contributed by atoms with E-state index in [0.29, 0.717) is 0 Å². The average molecular weight is 368 g/mol. The SMILES string of the molecule is c1ccc(OC2C3OC3C3OC3C2c2cccc3c2Cc2ccccc2-3)cc1. The Hall–Kier alpha value is -2.62. The second-order valence-electron chi connectivity index (χ2n) is 8.26. The van der Waals surface area contributed by atoms with Crippen molar-refractivity contribution in [1.29, 1.82) is 0 Å². The van der Waals surface area contributed by atoms with Crippen LogP contribution in [0.3, 0.4) is 0 Å². The van der Waals surface area contributed by atoms with Crippen LogP contribution in [-0.2, 0) is 15.9 Å². The minimum atomic E-state index is -0.00800. The molecular formula is C25H20O3. The molecule has 3 aromatic carbocycles. The first-order valence-electron chi connectivity index (χ1n) is 10.1. The van der Waals surface area contributed by atoms with Gasteiger partial charge in [-0.25, -0.2) is 0 Å². The lowest BCUT2D eigenvalue weighted by Crippen LogP contribution is -2.40. The number of hydrogen-bond acceptors (Lipinski definition) is 3. The zero-order valence-corrected chi connectivity index (χ0v) is 15.3. The van der Waals surface area contributed by atoms with Crippen LogP contribution in [0.25, 0.3) is 11.1 Å². The van der Waals surface area contributed by atoms with Gasteiger partial charge in [0.2, 0.25) is 0 Å². The Morgan fingerprint density at radius 2 is 1.43 bits per heavy atom. The highest BCUT2D eigenvalue weighted by molar-refractivity contribution is 5.78. The molecule has 2 heterocycles. The lowest BCUT2D eigenvalue weighted by Gasteiger charge is -2.29. The van der Waals surface area contributed by atoms with Crippen molar-refractivity contribution >= 4 is 0 Å². The van der Waals surface area contributed by atoms with Crippen LogP contribution in [0.5, 0.6) is 5.75 Å². The number of hydrogen-bond donors (Lipinski definition) is 0. The van der Waals surface area contributed by atoms with Crippen LogP contribution in [0, 0.1) is 0 Å². The van der Waals surface area contributed by atoms with Crippen LogP contribution in [0.4, 0.5) is 0 Å². The van der Waals surface area contributed by atoms with Gasteiger partial charge in [0.15, 0.2) is 0 Å². The fourth-order valence-electron chi connectivity index (χ4n) is 5.39. The second kappa shape index (κ2) is 5.47. The zero-order valence-electron chi connectivity index (χ0n) is 15.3. The molecule has 2 aliphatic carbocycles. The third-order valence-electron chi connectivity index (χ3n) is 6.74. The quantitative estimate of drug-likeness (QED) is 0.505. The summed E-state index contributed by atoms with van der Waals surface area (Å²) in [5.41, 5.74) is 6.95.